The maximum Gasteiger partial charge on any atom is 0.216 e. The Kier molecular flexibility index (Phi) is 2.43. The van der Waals surface area contributed by atoms with Crippen molar-refractivity contribution in [1.82, 2.24) is 4.98 Å². The summed E-state index contributed by atoms with van der Waals surface area (Å²) in [6.45, 7) is 3.72. The first-order valence-electron chi connectivity index (χ1n) is 3.87. The van der Waals surface area contributed by atoms with E-state index in [1.54, 1.807) is 12.1 Å². The van der Waals surface area contributed by atoms with Crippen LogP contribution in [0.4, 0.5) is 4.39 Å². The Morgan fingerprint density at radius 1 is 1.58 bits per heavy atom. The normalized spacial score (nSPS) is 11.7. The van der Waals surface area contributed by atoms with Gasteiger partial charge < -0.3 is 5.73 Å². The van der Waals surface area contributed by atoms with E-state index in [0.717, 1.165) is 0 Å². The highest BCUT2D eigenvalue weighted by Gasteiger charge is 2.14. The second-order valence-corrected chi connectivity index (χ2v) is 3.62. The SMILES string of the molecule is CC(C)(N)Cc1cccnc1F. The van der Waals surface area contributed by atoms with Gasteiger partial charge >= 0.3 is 0 Å². The summed E-state index contributed by atoms with van der Waals surface area (Å²) < 4.78 is 13.0. The van der Waals surface area contributed by atoms with Gasteiger partial charge in [0.1, 0.15) is 0 Å². The van der Waals surface area contributed by atoms with Crippen LogP contribution in [0.1, 0.15) is 19.4 Å². The molecule has 0 bridgehead atoms. The van der Waals surface area contributed by atoms with Crippen LogP contribution < -0.4 is 5.73 Å². The smallest absolute Gasteiger partial charge is 0.216 e. The van der Waals surface area contributed by atoms with Gasteiger partial charge in [0.25, 0.3) is 0 Å². The highest BCUT2D eigenvalue weighted by atomic mass is 19.1. The summed E-state index contributed by atoms with van der Waals surface area (Å²) in [5.41, 5.74) is 5.93. The Labute approximate surface area is 71.6 Å². The van der Waals surface area contributed by atoms with Crippen molar-refractivity contribution in [3.63, 3.8) is 0 Å². The van der Waals surface area contributed by atoms with Crippen LogP contribution in [-0.2, 0) is 6.42 Å². The van der Waals surface area contributed by atoms with Crippen molar-refractivity contribution in [2.75, 3.05) is 0 Å². The van der Waals surface area contributed by atoms with Crippen molar-refractivity contribution in [3.8, 4) is 0 Å². The quantitative estimate of drug-likeness (QED) is 0.680. The number of nitrogens with two attached hydrogens (primary N) is 1. The van der Waals surface area contributed by atoms with Gasteiger partial charge in [0, 0.05) is 17.3 Å². The highest BCUT2D eigenvalue weighted by molar-refractivity contribution is 5.13. The Morgan fingerprint density at radius 3 is 2.75 bits per heavy atom. The van der Waals surface area contributed by atoms with Crippen molar-refractivity contribution in [2.45, 2.75) is 25.8 Å². The molecule has 0 saturated carbocycles. The Balaban J connectivity index is 2.83. The molecule has 1 rings (SSSR count). The molecule has 0 fully saturated rings. The molecule has 66 valence electrons. The molecule has 2 N–H and O–H groups in total. The van der Waals surface area contributed by atoms with E-state index in [2.05, 4.69) is 4.98 Å². The lowest BCUT2D eigenvalue weighted by Crippen LogP contribution is -2.34. The van der Waals surface area contributed by atoms with Crippen LogP contribution in [0.15, 0.2) is 18.3 Å². The Morgan fingerprint density at radius 2 is 2.25 bits per heavy atom. The van der Waals surface area contributed by atoms with Gasteiger partial charge in [-0.1, -0.05) is 6.07 Å². The summed E-state index contributed by atoms with van der Waals surface area (Å²) in [5, 5.41) is 0. The predicted molar refractivity (Wildman–Crippen MR) is 46.2 cm³/mol. The van der Waals surface area contributed by atoms with Crippen LogP contribution in [0.5, 0.6) is 0 Å². The van der Waals surface area contributed by atoms with E-state index in [0.29, 0.717) is 12.0 Å². The third kappa shape index (κ3) is 2.58. The van der Waals surface area contributed by atoms with E-state index in [-0.39, 0.29) is 5.54 Å². The van der Waals surface area contributed by atoms with E-state index < -0.39 is 5.95 Å². The minimum absolute atomic E-state index is 0.385. The number of nitrogens with zero attached hydrogens (tertiary/aromatic N) is 1. The van der Waals surface area contributed by atoms with Crippen molar-refractivity contribution in [3.05, 3.63) is 29.8 Å². The minimum atomic E-state index is -0.420. The van der Waals surface area contributed by atoms with Crippen LogP contribution in [0.2, 0.25) is 0 Å². The zero-order chi connectivity index (χ0) is 9.19. The van der Waals surface area contributed by atoms with E-state index in [9.17, 15) is 4.39 Å². The number of hydrogen-bond donors (Lipinski definition) is 1. The molecule has 0 aliphatic rings. The van der Waals surface area contributed by atoms with Crippen molar-refractivity contribution in [2.24, 2.45) is 5.73 Å². The van der Waals surface area contributed by atoms with Crippen molar-refractivity contribution < 1.29 is 4.39 Å². The second kappa shape index (κ2) is 3.19. The van der Waals surface area contributed by atoms with Gasteiger partial charge in [-0.3, -0.25) is 0 Å². The molecule has 0 spiro atoms. The maximum atomic E-state index is 13.0. The maximum absolute atomic E-state index is 13.0. The van der Waals surface area contributed by atoms with E-state index in [4.69, 9.17) is 5.73 Å². The topological polar surface area (TPSA) is 38.9 Å². The number of aromatic nitrogens is 1. The van der Waals surface area contributed by atoms with E-state index in [1.807, 2.05) is 13.8 Å². The first kappa shape index (κ1) is 9.13. The molecule has 0 radical (unpaired) electrons. The van der Waals surface area contributed by atoms with Crippen molar-refractivity contribution in [1.29, 1.82) is 0 Å². The fourth-order valence-electron chi connectivity index (χ4n) is 1.04. The number of hydrogen-bond acceptors (Lipinski definition) is 2. The molecule has 1 aromatic rings. The second-order valence-electron chi connectivity index (χ2n) is 3.62. The standard InChI is InChI=1S/C9H13FN2/c1-9(2,11)6-7-4-3-5-12-8(7)10/h3-5H,6,11H2,1-2H3. The zero-order valence-corrected chi connectivity index (χ0v) is 7.34. The molecule has 0 saturated heterocycles. The first-order valence-corrected chi connectivity index (χ1v) is 3.87. The van der Waals surface area contributed by atoms with Crippen LogP contribution in [-0.4, -0.2) is 10.5 Å². The molecule has 0 aliphatic heterocycles. The number of halogens is 1. The van der Waals surface area contributed by atoms with Gasteiger partial charge in [-0.05, 0) is 26.3 Å². The lowest BCUT2D eigenvalue weighted by Gasteiger charge is -2.17. The predicted octanol–water partition coefficient (Wildman–Crippen LogP) is 1.50. The van der Waals surface area contributed by atoms with Gasteiger partial charge in [0.15, 0.2) is 0 Å². The average molecular weight is 168 g/mol. The molecular weight excluding hydrogens is 155 g/mol. The molecule has 12 heavy (non-hydrogen) atoms. The molecule has 0 unspecified atom stereocenters. The Hall–Kier alpha value is -0.960. The zero-order valence-electron chi connectivity index (χ0n) is 7.34. The van der Waals surface area contributed by atoms with Gasteiger partial charge in [0.2, 0.25) is 5.95 Å². The molecule has 0 atom stereocenters. The number of pyridine rings is 1. The Bertz CT molecular complexity index is 265. The molecule has 0 aromatic carbocycles. The third-order valence-electron chi connectivity index (χ3n) is 1.48. The highest BCUT2D eigenvalue weighted by Crippen LogP contribution is 2.11. The summed E-state index contributed by atoms with van der Waals surface area (Å²) >= 11 is 0. The molecule has 3 heteroatoms. The summed E-state index contributed by atoms with van der Waals surface area (Å²) in [6.07, 6.45) is 1.94. The van der Waals surface area contributed by atoms with Gasteiger partial charge in [-0.25, -0.2) is 4.98 Å². The summed E-state index contributed by atoms with van der Waals surface area (Å²) in [6, 6.07) is 3.42. The molecule has 1 aromatic heterocycles. The summed E-state index contributed by atoms with van der Waals surface area (Å²) in [5.74, 6) is -0.420. The van der Waals surface area contributed by atoms with Gasteiger partial charge in [0.05, 0.1) is 0 Å². The average Bonchev–Trinajstić information content (AvgIpc) is 1.91. The lowest BCUT2D eigenvalue weighted by molar-refractivity contribution is 0.487. The van der Waals surface area contributed by atoms with Crippen LogP contribution >= 0.6 is 0 Å². The van der Waals surface area contributed by atoms with Gasteiger partial charge in [-0.2, -0.15) is 4.39 Å². The monoisotopic (exact) mass is 168 g/mol. The molecule has 0 amide bonds. The van der Waals surface area contributed by atoms with Gasteiger partial charge in [-0.15, -0.1) is 0 Å². The lowest BCUT2D eigenvalue weighted by atomic mass is 9.97. The molecule has 0 aliphatic carbocycles. The molecule has 1 heterocycles. The van der Waals surface area contributed by atoms with Crippen LogP contribution in [0, 0.1) is 5.95 Å². The largest absolute Gasteiger partial charge is 0.325 e. The number of rotatable bonds is 2. The van der Waals surface area contributed by atoms with E-state index in [1.165, 1.54) is 6.20 Å². The van der Waals surface area contributed by atoms with Crippen LogP contribution in [0.25, 0.3) is 0 Å². The van der Waals surface area contributed by atoms with Crippen molar-refractivity contribution >= 4 is 0 Å². The minimum Gasteiger partial charge on any atom is -0.325 e. The fraction of sp³-hybridized carbons (Fsp3) is 0.444. The molecular formula is C9H13FN2. The fourth-order valence-corrected chi connectivity index (χ4v) is 1.04. The van der Waals surface area contributed by atoms with Crippen LogP contribution in [0.3, 0.4) is 0 Å². The van der Waals surface area contributed by atoms with E-state index >= 15 is 0 Å². The molecule has 2 nitrogen and oxygen atoms in total. The first-order chi connectivity index (χ1) is 5.49. The summed E-state index contributed by atoms with van der Waals surface area (Å²) in [4.78, 5) is 3.54. The third-order valence-corrected chi connectivity index (χ3v) is 1.48. The summed E-state index contributed by atoms with van der Waals surface area (Å²) in [7, 11) is 0.